The Hall–Kier alpha value is -4.25. The summed E-state index contributed by atoms with van der Waals surface area (Å²) in [7, 11) is 0. The first-order chi connectivity index (χ1) is 16.5. The maximum absolute atomic E-state index is 13.3. The van der Waals surface area contributed by atoms with Crippen molar-refractivity contribution in [1.82, 2.24) is 9.78 Å². The van der Waals surface area contributed by atoms with Crippen molar-refractivity contribution in [3.63, 3.8) is 0 Å². The van der Waals surface area contributed by atoms with E-state index in [1.165, 1.54) is 10.6 Å². The zero-order chi connectivity index (χ0) is 23.7. The molecule has 0 aliphatic carbocycles. The Bertz CT molecular complexity index is 1380. The average Bonchev–Trinajstić information content (AvgIpc) is 3.42. The third-order valence-corrected chi connectivity index (χ3v) is 5.98. The molecule has 0 unspecified atom stereocenters. The molecule has 5 nitrogen and oxygen atoms in total. The smallest absolute Gasteiger partial charge is 0.267 e. The van der Waals surface area contributed by atoms with Crippen molar-refractivity contribution in [3.05, 3.63) is 108 Å². The third-order valence-electron chi connectivity index (χ3n) is 5.98. The van der Waals surface area contributed by atoms with E-state index >= 15 is 0 Å². The summed E-state index contributed by atoms with van der Waals surface area (Å²) < 4.78 is 1.86. The van der Waals surface area contributed by atoms with E-state index in [9.17, 15) is 4.79 Å². The van der Waals surface area contributed by atoms with Gasteiger partial charge in [0, 0.05) is 17.3 Å². The van der Waals surface area contributed by atoms with Gasteiger partial charge in [0.1, 0.15) is 0 Å². The van der Waals surface area contributed by atoms with Gasteiger partial charge < -0.3 is 0 Å². The minimum Gasteiger partial charge on any atom is -0.267 e. The Morgan fingerprint density at radius 1 is 0.824 bits per heavy atom. The van der Waals surface area contributed by atoms with E-state index in [0.29, 0.717) is 17.2 Å². The molecule has 0 spiro atoms. The number of aromatic nitrogens is 2. The van der Waals surface area contributed by atoms with Gasteiger partial charge in [-0.2, -0.15) is 15.2 Å². The fourth-order valence-corrected chi connectivity index (χ4v) is 4.04. The van der Waals surface area contributed by atoms with Crippen LogP contribution in [0, 0.1) is 0 Å². The van der Waals surface area contributed by atoms with Crippen LogP contribution in [-0.4, -0.2) is 21.4 Å². The van der Waals surface area contributed by atoms with E-state index < -0.39 is 0 Å². The van der Waals surface area contributed by atoms with Gasteiger partial charge in [-0.05, 0) is 48.7 Å². The van der Waals surface area contributed by atoms with Gasteiger partial charge in [-0.3, -0.25) is 4.79 Å². The number of amides is 1. The summed E-state index contributed by atoms with van der Waals surface area (Å²) in [6.07, 6.45) is 3.88. The predicted octanol–water partition coefficient (Wildman–Crippen LogP) is 6.47. The molecule has 0 atom stereocenters. The topological polar surface area (TPSA) is 50.5 Å². The van der Waals surface area contributed by atoms with Crippen LogP contribution >= 0.6 is 0 Å². The Kier molecular flexibility index (Phi) is 5.68. The van der Waals surface area contributed by atoms with E-state index in [0.717, 1.165) is 28.2 Å². The predicted molar refractivity (Wildman–Crippen MR) is 138 cm³/mol. The molecule has 3 aromatic carbocycles. The van der Waals surface area contributed by atoms with Crippen molar-refractivity contribution < 1.29 is 4.79 Å². The second-order valence-corrected chi connectivity index (χ2v) is 8.69. The Morgan fingerprint density at radius 2 is 1.44 bits per heavy atom. The lowest BCUT2D eigenvalue weighted by molar-refractivity contribution is -0.114. The molecule has 0 fully saturated rings. The lowest BCUT2D eigenvalue weighted by atomic mass is 9.99. The minimum absolute atomic E-state index is 0.141. The van der Waals surface area contributed by atoms with E-state index in [2.05, 4.69) is 43.2 Å². The van der Waals surface area contributed by atoms with Gasteiger partial charge in [0.05, 0.1) is 28.4 Å². The summed E-state index contributed by atoms with van der Waals surface area (Å²) in [5, 5.41) is 10.9. The van der Waals surface area contributed by atoms with E-state index in [-0.39, 0.29) is 5.91 Å². The van der Waals surface area contributed by atoms with Crippen molar-refractivity contribution in [1.29, 1.82) is 0 Å². The zero-order valence-corrected chi connectivity index (χ0v) is 19.5. The first kappa shape index (κ1) is 21.6. The molecular weight excluding hydrogens is 420 g/mol. The molecule has 1 aliphatic rings. The Morgan fingerprint density at radius 3 is 2.06 bits per heavy atom. The van der Waals surface area contributed by atoms with Gasteiger partial charge in [-0.25, -0.2) is 4.68 Å². The van der Waals surface area contributed by atoms with Crippen molar-refractivity contribution in [2.75, 3.05) is 5.01 Å². The van der Waals surface area contributed by atoms with Gasteiger partial charge in [0.25, 0.3) is 5.91 Å². The number of para-hydroxylation sites is 2. The second-order valence-electron chi connectivity index (χ2n) is 8.69. The first-order valence-electron chi connectivity index (χ1n) is 11.4. The summed E-state index contributed by atoms with van der Waals surface area (Å²) >= 11 is 0. The number of anilines is 1. The fourth-order valence-electron chi connectivity index (χ4n) is 4.04. The van der Waals surface area contributed by atoms with Gasteiger partial charge in [-0.15, -0.1) is 0 Å². The number of nitrogens with zero attached hydrogens (tertiary/aromatic N) is 4. The molecule has 168 valence electrons. The molecule has 5 rings (SSSR count). The van der Waals surface area contributed by atoms with Crippen LogP contribution in [0.1, 0.15) is 37.8 Å². The highest BCUT2D eigenvalue weighted by molar-refractivity contribution is 6.32. The highest BCUT2D eigenvalue weighted by Gasteiger charge is 2.29. The van der Waals surface area contributed by atoms with E-state index in [4.69, 9.17) is 5.10 Å². The van der Waals surface area contributed by atoms with Crippen LogP contribution in [0.15, 0.2) is 102 Å². The molecular formula is C29H26N4O. The van der Waals surface area contributed by atoms with Crippen LogP contribution in [-0.2, 0) is 4.79 Å². The molecule has 0 radical (unpaired) electrons. The SMILES string of the molecule is CC1=NN(c2ccccc2)C(=O)C1=Cc1cn(-c2ccccc2)nc1-c1ccc(C(C)C)cc1. The van der Waals surface area contributed by atoms with Gasteiger partial charge in [0.2, 0.25) is 0 Å². The van der Waals surface area contributed by atoms with Crippen molar-refractivity contribution in [2.24, 2.45) is 5.10 Å². The summed E-state index contributed by atoms with van der Waals surface area (Å²) in [5.41, 5.74) is 6.93. The third kappa shape index (κ3) is 4.08. The quantitative estimate of drug-likeness (QED) is 0.330. The first-order valence-corrected chi connectivity index (χ1v) is 11.4. The number of carbonyl (C=O) groups is 1. The molecule has 1 aromatic heterocycles. The van der Waals surface area contributed by atoms with Gasteiger partial charge in [-0.1, -0.05) is 74.5 Å². The molecule has 5 heteroatoms. The number of hydrogen-bond donors (Lipinski definition) is 0. The van der Waals surface area contributed by atoms with Crippen molar-refractivity contribution in [3.8, 4) is 16.9 Å². The molecule has 1 aliphatic heterocycles. The molecule has 2 heterocycles. The van der Waals surface area contributed by atoms with Crippen LogP contribution in [0.4, 0.5) is 5.69 Å². The molecule has 0 saturated carbocycles. The number of rotatable bonds is 5. The van der Waals surface area contributed by atoms with Gasteiger partial charge >= 0.3 is 0 Å². The lowest BCUT2D eigenvalue weighted by Crippen LogP contribution is -2.21. The van der Waals surface area contributed by atoms with Crippen LogP contribution in [0.5, 0.6) is 0 Å². The maximum Gasteiger partial charge on any atom is 0.280 e. The van der Waals surface area contributed by atoms with Gasteiger partial charge in [0.15, 0.2) is 0 Å². The number of hydrogen-bond acceptors (Lipinski definition) is 3. The van der Waals surface area contributed by atoms with Crippen LogP contribution in [0.3, 0.4) is 0 Å². The standard InChI is InChI=1S/C29H26N4O/c1-20(2)22-14-16-23(17-15-22)28-24(19-32(31-28)25-10-6-4-7-11-25)18-27-21(3)30-33(29(27)34)26-12-8-5-9-13-26/h4-20H,1-3H3. The molecule has 0 bridgehead atoms. The van der Waals surface area contributed by atoms with Crippen LogP contribution in [0.2, 0.25) is 0 Å². The average molecular weight is 447 g/mol. The maximum atomic E-state index is 13.3. The minimum atomic E-state index is -0.141. The summed E-state index contributed by atoms with van der Waals surface area (Å²) in [6, 6.07) is 28.0. The Balaban J connectivity index is 1.59. The normalized spacial score (nSPS) is 14.8. The molecule has 34 heavy (non-hydrogen) atoms. The molecule has 0 N–H and O–H groups in total. The largest absolute Gasteiger partial charge is 0.280 e. The van der Waals surface area contributed by atoms with Crippen LogP contribution < -0.4 is 5.01 Å². The van der Waals surface area contributed by atoms with Crippen molar-refractivity contribution in [2.45, 2.75) is 26.7 Å². The highest BCUT2D eigenvalue weighted by atomic mass is 16.2. The van der Waals surface area contributed by atoms with Crippen molar-refractivity contribution >= 4 is 23.4 Å². The molecule has 1 amide bonds. The highest BCUT2D eigenvalue weighted by Crippen LogP contribution is 2.30. The number of carbonyl (C=O) groups excluding carboxylic acids is 1. The summed E-state index contributed by atoms with van der Waals surface area (Å²) in [4.78, 5) is 13.3. The summed E-state index contributed by atoms with van der Waals surface area (Å²) in [5.74, 6) is 0.314. The summed E-state index contributed by atoms with van der Waals surface area (Å²) in [6.45, 7) is 6.23. The van der Waals surface area contributed by atoms with E-state index in [1.807, 2.05) is 84.5 Å². The Labute approximate surface area is 199 Å². The number of benzene rings is 3. The molecule has 4 aromatic rings. The second kappa shape index (κ2) is 8.94. The lowest BCUT2D eigenvalue weighted by Gasteiger charge is -2.11. The molecule has 0 saturated heterocycles. The fraction of sp³-hybridized carbons (Fsp3) is 0.138. The number of hydrazone groups is 1. The zero-order valence-electron chi connectivity index (χ0n) is 19.5. The monoisotopic (exact) mass is 446 g/mol. The van der Waals surface area contributed by atoms with E-state index in [1.54, 1.807) is 0 Å². The van der Waals surface area contributed by atoms with Crippen LogP contribution in [0.25, 0.3) is 23.0 Å².